The van der Waals surface area contributed by atoms with E-state index in [1.54, 1.807) is 0 Å². The van der Waals surface area contributed by atoms with Crippen molar-refractivity contribution >= 4 is 0 Å². The number of quaternary nitrogens is 1. The maximum Gasteiger partial charge on any atom is 0.0786 e. The summed E-state index contributed by atoms with van der Waals surface area (Å²) in [6, 6.07) is 0. The van der Waals surface area contributed by atoms with E-state index < -0.39 is 0 Å². The van der Waals surface area contributed by atoms with Crippen LogP contribution in [-0.4, -0.2) is 30.7 Å². The summed E-state index contributed by atoms with van der Waals surface area (Å²) < 4.78 is 1.49. The van der Waals surface area contributed by atoms with Gasteiger partial charge >= 0.3 is 0 Å². The average Bonchev–Trinajstić information content (AvgIpc) is 3.34. The quantitative estimate of drug-likeness (QED) is 0.0324. The normalized spacial score (nSPS) is 11.8. The second-order valence-electron chi connectivity index (χ2n) is 23.3. The topological polar surface area (TPSA) is 0 Å². The van der Waals surface area contributed by atoms with Crippen LogP contribution in [-0.2, 0) is 0 Å². The van der Waals surface area contributed by atoms with Crippen LogP contribution in [0.25, 0.3) is 0 Å². The average molecular weight is 1070 g/mol. The lowest BCUT2D eigenvalue weighted by Gasteiger charge is -2.40. The minimum atomic E-state index is 0. The molecule has 0 saturated heterocycles. The smallest absolute Gasteiger partial charge is 0.0786 e. The molecule has 0 radical (unpaired) electrons. The maximum absolute atomic E-state index is 2.35. The van der Waals surface area contributed by atoms with Gasteiger partial charge in [-0.15, -0.1) is 0 Å². The van der Waals surface area contributed by atoms with Crippen molar-refractivity contribution in [3.63, 3.8) is 0 Å². The molecule has 0 unspecified atom stereocenters. The van der Waals surface area contributed by atoms with Crippen LogP contribution in [0.4, 0.5) is 0 Å². The Kier molecular flexibility index (Phi) is 66.4. The van der Waals surface area contributed by atoms with E-state index in [1.165, 1.54) is 403 Å². The monoisotopic (exact) mass is 1070 g/mol. The van der Waals surface area contributed by atoms with E-state index in [1.807, 2.05) is 0 Å². The highest BCUT2D eigenvalue weighted by atomic mass is 127. The second kappa shape index (κ2) is 63.8. The molecule has 0 heterocycles. The Bertz CT molecular complexity index is 753. The van der Waals surface area contributed by atoms with Gasteiger partial charge in [0.05, 0.1) is 26.2 Å². The summed E-state index contributed by atoms with van der Waals surface area (Å²) in [5, 5.41) is 0. The number of nitrogens with zero attached hydrogens (tertiary/aromatic N) is 1. The number of halogens is 1. The summed E-state index contributed by atoms with van der Waals surface area (Å²) in [5.41, 5.74) is 0. The standard InChI is InChI=1S/C66H136N.HI/c1-5-9-13-17-21-25-29-32-35-38-41-44-48-52-56-60-64-67(63-59-55-51-47-28-24-20-16-12-8-4,65-61-57-53-49-45-42-39-36-33-30-26-22-18-14-10-6-2)66-62-58-54-50-46-43-40-37-34-31-27-23-19-15-11-7-3;/h5-66H2,1-4H3;1H/q+1;/p-1. The van der Waals surface area contributed by atoms with E-state index in [-0.39, 0.29) is 24.0 Å². The van der Waals surface area contributed by atoms with Crippen molar-refractivity contribution in [2.24, 2.45) is 0 Å². The van der Waals surface area contributed by atoms with Crippen LogP contribution in [0.3, 0.4) is 0 Å². The molecule has 0 fully saturated rings. The molecule has 1 nitrogen and oxygen atoms in total. The summed E-state index contributed by atoms with van der Waals surface area (Å²) in [7, 11) is 0. The van der Waals surface area contributed by atoms with Gasteiger partial charge in [0.2, 0.25) is 0 Å². The number of rotatable bonds is 62. The molecule has 0 bridgehead atoms. The van der Waals surface area contributed by atoms with Crippen molar-refractivity contribution in [2.45, 2.75) is 400 Å². The van der Waals surface area contributed by atoms with Crippen LogP contribution < -0.4 is 24.0 Å². The molecular formula is C66H136IN. The SMILES string of the molecule is CCCCCCCCCCCCCCCCCC[N+](CCCCCCCCCCCC)(CCCCCCCCCCCCCCCCCC)CCCCCCCCCCCCCCCCCC.[I-]. The highest BCUT2D eigenvalue weighted by Gasteiger charge is 2.26. The van der Waals surface area contributed by atoms with Crippen molar-refractivity contribution in [1.82, 2.24) is 0 Å². The van der Waals surface area contributed by atoms with Crippen LogP contribution in [0, 0.1) is 0 Å². The van der Waals surface area contributed by atoms with Gasteiger partial charge in [-0.1, -0.05) is 349 Å². The number of hydrogen-bond donors (Lipinski definition) is 0. The van der Waals surface area contributed by atoms with Gasteiger partial charge in [-0.05, 0) is 51.4 Å². The highest BCUT2D eigenvalue weighted by molar-refractivity contribution is 4.58. The Labute approximate surface area is 452 Å². The molecule has 0 aliphatic carbocycles. The van der Waals surface area contributed by atoms with Crippen LogP contribution >= 0.6 is 0 Å². The van der Waals surface area contributed by atoms with Gasteiger partial charge in [0.25, 0.3) is 0 Å². The van der Waals surface area contributed by atoms with Crippen molar-refractivity contribution in [3.8, 4) is 0 Å². The summed E-state index contributed by atoms with van der Waals surface area (Å²) in [5.74, 6) is 0. The Morgan fingerprint density at radius 2 is 0.221 bits per heavy atom. The van der Waals surface area contributed by atoms with Gasteiger partial charge in [-0.25, -0.2) is 0 Å². The summed E-state index contributed by atoms with van der Waals surface area (Å²) in [6.45, 7) is 15.3. The molecule has 412 valence electrons. The molecule has 0 spiro atoms. The fraction of sp³-hybridized carbons (Fsp3) is 1.00. The van der Waals surface area contributed by atoms with E-state index in [9.17, 15) is 0 Å². The summed E-state index contributed by atoms with van der Waals surface area (Å²) in [6.07, 6.45) is 85.7. The Morgan fingerprint density at radius 3 is 0.324 bits per heavy atom. The molecule has 68 heavy (non-hydrogen) atoms. The fourth-order valence-corrected chi connectivity index (χ4v) is 11.6. The molecule has 0 aliphatic heterocycles. The first-order chi connectivity index (χ1) is 33.2. The van der Waals surface area contributed by atoms with Crippen LogP contribution in [0.2, 0.25) is 0 Å². The van der Waals surface area contributed by atoms with Gasteiger partial charge in [0, 0.05) is 0 Å². The Morgan fingerprint density at radius 1 is 0.132 bits per heavy atom. The van der Waals surface area contributed by atoms with E-state index in [2.05, 4.69) is 27.7 Å². The molecule has 0 atom stereocenters. The molecule has 0 amide bonds. The lowest BCUT2D eigenvalue weighted by Crippen LogP contribution is -3.00. The van der Waals surface area contributed by atoms with Gasteiger partial charge in [-0.3, -0.25) is 0 Å². The van der Waals surface area contributed by atoms with Crippen molar-refractivity contribution in [2.75, 3.05) is 26.2 Å². The lowest BCUT2D eigenvalue weighted by atomic mass is 10.0. The molecule has 0 saturated carbocycles. The molecule has 0 rings (SSSR count). The lowest BCUT2D eigenvalue weighted by molar-refractivity contribution is -0.929. The summed E-state index contributed by atoms with van der Waals surface area (Å²) in [4.78, 5) is 0. The van der Waals surface area contributed by atoms with Gasteiger partial charge < -0.3 is 28.5 Å². The predicted octanol–water partition coefficient (Wildman–Crippen LogP) is 21.5. The first-order valence-electron chi connectivity index (χ1n) is 33.1. The molecule has 0 N–H and O–H groups in total. The number of unbranched alkanes of at least 4 members (excludes halogenated alkanes) is 54. The summed E-state index contributed by atoms with van der Waals surface area (Å²) >= 11 is 0. The predicted molar refractivity (Wildman–Crippen MR) is 310 cm³/mol. The van der Waals surface area contributed by atoms with Crippen LogP contribution in [0.1, 0.15) is 400 Å². The molecule has 0 aromatic rings. The number of hydrogen-bond acceptors (Lipinski definition) is 0. The first kappa shape index (κ1) is 70.8. The Hall–Kier alpha value is 0.690. The van der Waals surface area contributed by atoms with Crippen molar-refractivity contribution in [3.05, 3.63) is 0 Å². The molecule has 2 heteroatoms. The second-order valence-corrected chi connectivity index (χ2v) is 23.3. The minimum Gasteiger partial charge on any atom is -1.00 e. The maximum atomic E-state index is 2.35. The fourth-order valence-electron chi connectivity index (χ4n) is 11.6. The third kappa shape index (κ3) is 57.6. The van der Waals surface area contributed by atoms with Crippen LogP contribution in [0.15, 0.2) is 0 Å². The molecule has 0 aliphatic rings. The third-order valence-corrected chi connectivity index (χ3v) is 16.4. The molecule has 0 aromatic heterocycles. The Balaban J connectivity index is 0. The van der Waals surface area contributed by atoms with E-state index in [0.717, 1.165) is 0 Å². The highest BCUT2D eigenvalue weighted by Crippen LogP contribution is 2.23. The van der Waals surface area contributed by atoms with Gasteiger partial charge in [0.1, 0.15) is 0 Å². The van der Waals surface area contributed by atoms with Gasteiger partial charge in [-0.2, -0.15) is 0 Å². The van der Waals surface area contributed by atoms with Crippen molar-refractivity contribution < 1.29 is 28.5 Å². The van der Waals surface area contributed by atoms with Crippen LogP contribution in [0.5, 0.6) is 0 Å². The van der Waals surface area contributed by atoms with E-state index in [0.29, 0.717) is 0 Å². The minimum absolute atomic E-state index is 0. The third-order valence-electron chi connectivity index (χ3n) is 16.4. The van der Waals surface area contributed by atoms with Gasteiger partial charge in [0.15, 0.2) is 0 Å². The van der Waals surface area contributed by atoms with E-state index >= 15 is 0 Å². The zero-order valence-corrected chi connectivity index (χ0v) is 50.8. The molecular weight excluding hydrogens is 934 g/mol. The zero-order chi connectivity index (χ0) is 48.3. The van der Waals surface area contributed by atoms with E-state index in [4.69, 9.17) is 0 Å². The largest absolute Gasteiger partial charge is 1.00 e. The van der Waals surface area contributed by atoms with Crippen molar-refractivity contribution in [1.29, 1.82) is 0 Å². The molecule has 0 aromatic carbocycles. The first-order valence-corrected chi connectivity index (χ1v) is 33.1. The zero-order valence-electron chi connectivity index (χ0n) is 48.7.